The average Bonchev–Trinajstić information content (AvgIpc) is 3.43. The molecule has 0 aliphatic rings. The van der Waals surface area contributed by atoms with E-state index in [1.54, 1.807) is 18.0 Å². The number of H-pyrrole nitrogens is 1. The van der Waals surface area contributed by atoms with Crippen molar-refractivity contribution in [2.24, 2.45) is 0 Å². The maximum Gasteiger partial charge on any atom is 0.165 e. The number of hydrogen-bond donors (Lipinski definition) is 1. The number of aromatic amines is 1. The maximum absolute atomic E-state index is 13.8. The molecule has 8 heteroatoms. The van der Waals surface area contributed by atoms with Gasteiger partial charge in [-0.1, -0.05) is 25.1 Å². The van der Waals surface area contributed by atoms with E-state index in [9.17, 15) is 4.39 Å². The van der Waals surface area contributed by atoms with Crippen molar-refractivity contribution in [3.63, 3.8) is 0 Å². The molecule has 0 amide bonds. The number of thioether (sulfide) groups is 1. The van der Waals surface area contributed by atoms with Gasteiger partial charge in [-0.2, -0.15) is 0 Å². The van der Waals surface area contributed by atoms with E-state index in [-0.39, 0.29) is 6.04 Å². The van der Waals surface area contributed by atoms with Crippen molar-refractivity contribution >= 4 is 33.8 Å². The summed E-state index contributed by atoms with van der Waals surface area (Å²) in [5.41, 5.74) is 4.52. The summed E-state index contributed by atoms with van der Waals surface area (Å²) in [6.07, 6.45) is 8.52. The normalized spacial score (nSPS) is 12.6. The summed E-state index contributed by atoms with van der Waals surface area (Å²) in [4.78, 5) is 21.4. The van der Waals surface area contributed by atoms with Gasteiger partial charge in [0, 0.05) is 40.7 Å². The Hall–Kier alpha value is -3.26. The number of aryl methyl sites for hydroxylation is 1. The van der Waals surface area contributed by atoms with Gasteiger partial charge in [0.05, 0.1) is 12.5 Å². The van der Waals surface area contributed by atoms with Crippen LogP contribution in [0.2, 0.25) is 0 Å². The lowest BCUT2D eigenvalue weighted by Gasteiger charge is -2.12. The SMILES string of the molecule is CCC(C)n1cnc2c(SCCc3c[nH]c4ccccc34)nc(-c3cncc(F)c3)nc21. The molecule has 5 rings (SSSR count). The molecular weight excluding hydrogens is 423 g/mol. The van der Waals surface area contributed by atoms with Crippen LogP contribution in [0, 0.1) is 5.82 Å². The maximum atomic E-state index is 13.8. The monoisotopic (exact) mass is 446 g/mol. The molecule has 1 atom stereocenters. The van der Waals surface area contributed by atoms with E-state index >= 15 is 0 Å². The fourth-order valence-corrected chi connectivity index (χ4v) is 4.72. The lowest BCUT2D eigenvalue weighted by molar-refractivity contribution is 0.541. The second-order valence-electron chi connectivity index (χ2n) is 7.78. The van der Waals surface area contributed by atoms with Crippen LogP contribution in [0.5, 0.6) is 0 Å². The van der Waals surface area contributed by atoms with Crippen molar-refractivity contribution in [3.05, 3.63) is 66.6 Å². The van der Waals surface area contributed by atoms with Gasteiger partial charge in [0.2, 0.25) is 0 Å². The van der Waals surface area contributed by atoms with E-state index < -0.39 is 5.82 Å². The van der Waals surface area contributed by atoms with Crippen LogP contribution >= 0.6 is 11.8 Å². The van der Waals surface area contributed by atoms with E-state index in [4.69, 9.17) is 9.97 Å². The highest BCUT2D eigenvalue weighted by molar-refractivity contribution is 7.99. The summed E-state index contributed by atoms with van der Waals surface area (Å²) < 4.78 is 15.9. The highest BCUT2D eigenvalue weighted by Crippen LogP contribution is 2.30. The Morgan fingerprint density at radius 1 is 1.19 bits per heavy atom. The van der Waals surface area contributed by atoms with Crippen LogP contribution in [0.1, 0.15) is 31.9 Å². The zero-order valence-electron chi connectivity index (χ0n) is 17.9. The molecular formula is C24H23FN6S. The largest absolute Gasteiger partial charge is 0.361 e. The lowest BCUT2D eigenvalue weighted by Crippen LogP contribution is -2.04. The predicted octanol–water partition coefficient (Wildman–Crippen LogP) is 5.81. The number of pyridine rings is 1. The van der Waals surface area contributed by atoms with Crippen molar-refractivity contribution in [1.82, 2.24) is 29.5 Å². The molecule has 1 aromatic carbocycles. The van der Waals surface area contributed by atoms with Crippen LogP contribution in [-0.2, 0) is 6.42 Å². The number of para-hydroxylation sites is 1. The molecule has 0 saturated carbocycles. The molecule has 4 heterocycles. The Kier molecular flexibility index (Phi) is 5.61. The molecule has 0 aliphatic heterocycles. The fraction of sp³-hybridized carbons (Fsp3) is 0.250. The minimum Gasteiger partial charge on any atom is -0.361 e. The molecule has 1 N–H and O–H groups in total. The highest BCUT2D eigenvalue weighted by atomic mass is 32.2. The summed E-state index contributed by atoms with van der Waals surface area (Å²) >= 11 is 1.65. The molecule has 0 radical (unpaired) electrons. The van der Waals surface area contributed by atoms with Crippen LogP contribution in [-0.4, -0.2) is 35.2 Å². The van der Waals surface area contributed by atoms with Crippen LogP contribution in [0.15, 0.2) is 60.3 Å². The number of halogens is 1. The first-order chi connectivity index (χ1) is 15.6. The summed E-state index contributed by atoms with van der Waals surface area (Å²) in [5.74, 6) is 0.893. The first kappa shape index (κ1) is 20.6. The molecule has 32 heavy (non-hydrogen) atoms. The number of hydrogen-bond acceptors (Lipinski definition) is 5. The fourth-order valence-electron chi connectivity index (χ4n) is 3.77. The van der Waals surface area contributed by atoms with Gasteiger partial charge in [-0.05, 0) is 37.5 Å². The predicted molar refractivity (Wildman–Crippen MR) is 126 cm³/mol. The van der Waals surface area contributed by atoms with Gasteiger partial charge in [0.15, 0.2) is 11.5 Å². The van der Waals surface area contributed by atoms with E-state index in [1.807, 2.05) is 12.4 Å². The molecule has 0 fully saturated rings. The van der Waals surface area contributed by atoms with E-state index in [2.05, 4.69) is 57.8 Å². The first-order valence-electron chi connectivity index (χ1n) is 10.7. The van der Waals surface area contributed by atoms with Crippen molar-refractivity contribution < 1.29 is 4.39 Å². The van der Waals surface area contributed by atoms with E-state index in [0.29, 0.717) is 11.4 Å². The summed E-state index contributed by atoms with van der Waals surface area (Å²) in [7, 11) is 0. The molecule has 0 aliphatic carbocycles. The van der Waals surface area contributed by atoms with E-state index in [1.165, 1.54) is 23.2 Å². The quantitative estimate of drug-likeness (QED) is 0.252. The number of imidazole rings is 1. The van der Waals surface area contributed by atoms with Crippen LogP contribution in [0.25, 0.3) is 33.5 Å². The number of aromatic nitrogens is 6. The number of rotatable bonds is 7. The molecule has 162 valence electrons. The average molecular weight is 447 g/mol. The summed E-state index contributed by atoms with van der Waals surface area (Å²) in [6, 6.07) is 9.97. The third-order valence-corrected chi connectivity index (χ3v) is 6.67. The van der Waals surface area contributed by atoms with Crippen molar-refractivity contribution in [2.45, 2.75) is 37.8 Å². The number of benzene rings is 1. The number of fused-ring (bicyclic) bond motifs is 2. The summed E-state index contributed by atoms with van der Waals surface area (Å²) in [5, 5.41) is 2.05. The van der Waals surface area contributed by atoms with Gasteiger partial charge in [-0.15, -0.1) is 11.8 Å². The minimum absolute atomic E-state index is 0.248. The topological polar surface area (TPSA) is 72.3 Å². The molecule has 5 aromatic rings. The van der Waals surface area contributed by atoms with Gasteiger partial charge in [-0.3, -0.25) is 4.98 Å². The van der Waals surface area contributed by atoms with Gasteiger partial charge in [0.1, 0.15) is 16.4 Å². The van der Waals surface area contributed by atoms with E-state index in [0.717, 1.165) is 40.3 Å². The smallest absolute Gasteiger partial charge is 0.165 e. The van der Waals surface area contributed by atoms with Crippen molar-refractivity contribution in [1.29, 1.82) is 0 Å². The minimum atomic E-state index is -0.407. The zero-order valence-corrected chi connectivity index (χ0v) is 18.7. The third kappa shape index (κ3) is 3.86. The van der Waals surface area contributed by atoms with Gasteiger partial charge in [0.25, 0.3) is 0 Å². The Labute approximate surface area is 189 Å². The molecule has 0 spiro atoms. The Morgan fingerprint density at radius 2 is 2.06 bits per heavy atom. The van der Waals surface area contributed by atoms with Gasteiger partial charge >= 0.3 is 0 Å². The molecule has 1 unspecified atom stereocenters. The molecule has 4 aromatic heterocycles. The van der Waals surface area contributed by atoms with Crippen LogP contribution in [0.4, 0.5) is 4.39 Å². The zero-order chi connectivity index (χ0) is 22.1. The molecule has 0 saturated heterocycles. The lowest BCUT2D eigenvalue weighted by atomic mass is 10.1. The highest BCUT2D eigenvalue weighted by Gasteiger charge is 2.17. The number of nitrogens with zero attached hydrogens (tertiary/aromatic N) is 5. The Bertz CT molecular complexity index is 1390. The van der Waals surface area contributed by atoms with Crippen molar-refractivity contribution in [2.75, 3.05) is 5.75 Å². The third-order valence-electron chi connectivity index (χ3n) is 5.70. The molecule has 0 bridgehead atoms. The van der Waals surface area contributed by atoms with Crippen LogP contribution < -0.4 is 0 Å². The second kappa shape index (κ2) is 8.70. The van der Waals surface area contributed by atoms with Crippen molar-refractivity contribution in [3.8, 4) is 11.4 Å². The summed E-state index contributed by atoms with van der Waals surface area (Å²) in [6.45, 7) is 4.27. The Morgan fingerprint density at radius 3 is 2.91 bits per heavy atom. The second-order valence-corrected chi connectivity index (χ2v) is 8.87. The Balaban J connectivity index is 1.50. The van der Waals surface area contributed by atoms with Gasteiger partial charge < -0.3 is 9.55 Å². The standard InChI is InChI=1S/C24H23FN6S/c1-3-15(2)31-14-28-21-23(31)29-22(17-10-18(25)13-26-11-17)30-24(21)32-9-8-16-12-27-20-7-5-4-6-19(16)20/h4-7,10-15,27H,3,8-9H2,1-2H3. The number of nitrogens with one attached hydrogen (secondary N) is 1. The van der Waals surface area contributed by atoms with Crippen LogP contribution in [0.3, 0.4) is 0 Å². The van der Waals surface area contributed by atoms with Gasteiger partial charge in [-0.25, -0.2) is 19.3 Å². The molecule has 6 nitrogen and oxygen atoms in total. The first-order valence-corrected chi connectivity index (χ1v) is 11.7.